The van der Waals surface area contributed by atoms with Crippen LogP contribution in [0.3, 0.4) is 0 Å². The van der Waals surface area contributed by atoms with Crippen LogP contribution in [0.5, 0.6) is 0 Å². The van der Waals surface area contributed by atoms with E-state index in [1.807, 2.05) is 6.07 Å². The van der Waals surface area contributed by atoms with Gasteiger partial charge in [-0.05, 0) is 37.5 Å². The number of nitrogens with one attached hydrogen (secondary N) is 2. The van der Waals surface area contributed by atoms with Gasteiger partial charge in [-0.3, -0.25) is 19.7 Å². The Morgan fingerprint density at radius 3 is 2.82 bits per heavy atom. The number of amides is 2. The third kappa shape index (κ3) is 4.55. The second-order valence-electron chi connectivity index (χ2n) is 7.02. The lowest BCUT2D eigenvalue weighted by atomic mass is 9.83. The molecule has 0 aromatic carbocycles. The van der Waals surface area contributed by atoms with Crippen LogP contribution in [0.2, 0.25) is 0 Å². The van der Waals surface area contributed by atoms with E-state index in [9.17, 15) is 14.7 Å². The fourth-order valence-corrected chi connectivity index (χ4v) is 3.44. The third-order valence-electron chi connectivity index (χ3n) is 5.04. The second-order valence-corrected chi connectivity index (χ2v) is 7.02. The van der Waals surface area contributed by atoms with E-state index < -0.39 is 12.1 Å². The number of carbonyl (C=O) groups excluding carboxylic acids is 2. The molecule has 3 atom stereocenters. The summed E-state index contributed by atoms with van der Waals surface area (Å²) in [7, 11) is 1.64. The van der Waals surface area contributed by atoms with E-state index in [4.69, 9.17) is 5.11 Å². The van der Waals surface area contributed by atoms with Gasteiger partial charge in [0.15, 0.2) is 0 Å². The normalized spacial score (nSPS) is 21.9. The number of hydrogen-bond acceptors (Lipinski definition) is 6. The zero-order valence-electron chi connectivity index (χ0n) is 15.7. The van der Waals surface area contributed by atoms with Crippen LogP contribution in [0.15, 0.2) is 30.5 Å². The molecule has 3 rings (SSSR count). The molecular weight excluding hydrogens is 362 g/mol. The number of aliphatic hydroxyl groups excluding tert-OH is 2. The lowest BCUT2D eigenvalue weighted by molar-refractivity contribution is -0.137. The molecule has 9 heteroatoms. The molecule has 0 bridgehead atoms. The van der Waals surface area contributed by atoms with Gasteiger partial charge in [0, 0.05) is 25.7 Å². The highest BCUT2D eigenvalue weighted by Gasteiger charge is 2.35. The molecule has 0 saturated heterocycles. The van der Waals surface area contributed by atoms with Gasteiger partial charge in [-0.15, -0.1) is 0 Å². The fourth-order valence-electron chi connectivity index (χ4n) is 3.44. The maximum atomic E-state index is 12.5. The summed E-state index contributed by atoms with van der Waals surface area (Å²) >= 11 is 0. The first-order valence-corrected chi connectivity index (χ1v) is 9.31. The van der Waals surface area contributed by atoms with E-state index >= 15 is 0 Å². The van der Waals surface area contributed by atoms with Gasteiger partial charge >= 0.3 is 0 Å². The van der Waals surface area contributed by atoms with Crippen molar-refractivity contribution in [3.63, 3.8) is 0 Å². The van der Waals surface area contributed by atoms with Gasteiger partial charge < -0.3 is 20.4 Å². The summed E-state index contributed by atoms with van der Waals surface area (Å²) in [5, 5.41) is 29.0. The van der Waals surface area contributed by atoms with E-state index in [0.717, 1.165) is 0 Å². The predicted octanol–water partition coefficient (Wildman–Crippen LogP) is 0.182. The molecule has 2 amide bonds. The van der Waals surface area contributed by atoms with Crippen molar-refractivity contribution in [2.24, 2.45) is 5.92 Å². The number of H-pyrrole nitrogens is 1. The molecule has 4 N–H and O–H groups in total. The Labute approximate surface area is 162 Å². The summed E-state index contributed by atoms with van der Waals surface area (Å²) in [5.74, 6) is -0.755. The van der Waals surface area contributed by atoms with Crippen molar-refractivity contribution in [2.45, 2.75) is 31.4 Å². The number of rotatable bonds is 6. The summed E-state index contributed by atoms with van der Waals surface area (Å²) < 4.78 is 0. The SMILES string of the molecule is CN(CCO)C(=O)[C@H]1CC[C@H](NC(=O)c2cc(-c3ccccn3)n[nH]2)[C@@H](O)C1. The number of aliphatic hydroxyl groups is 2. The number of nitrogens with zero attached hydrogens (tertiary/aromatic N) is 3. The van der Waals surface area contributed by atoms with Crippen molar-refractivity contribution in [2.75, 3.05) is 20.2 Å². The van der Waals surface area contributed by atoms with Gasteiger partial charge in [-0.2, -0.15) is 5.10 Å². The summed E-state index contributed by atoms with van der Waals surface area (Å²) in [6.07, 6.45) is 2.18. The Morgan fingerprint density at radius 2 is 2.14 bits per heavy atom. The van der Waals surface area contributed by atoms with E-state index in [1.54, 1.807) is 31.4 Å². The molecule has 1 saturated carbocycles. The Bertz CT molecular complexity index is 810. The van der Waals surface area contributed by atoms with Crippen LogP contribution in [0, 0.1) is 5.92 Å². The second kappa shape index (κ2) is 8.94. The van der Waals surface area contributed by atoms with Crippen molar-refractivity contribution < 1.29 is 19.8 Å². The quantitative estimate of drug-likeness (QED) is 0.559. The van der Waals surface area contributed by atoms with E-state index in [1.165, 1.54) is 4.90 Å². The molecule has 150 valence electrons. The first-order valence-electron chi connectivity index (χ1n) is 9.31. The van der Waals surface area contributed by atoms with E-state index in [-0.39, 0.29) is 43.0 Å². The molecule has 1 fully saturated rings. The van der Waals surface area contributed by atoms with Gasteiger partial charge in [0.25, 0.3) is 5.91 Å². The summed E-state index contributed by atoms with van der Waals surface area (Å²) in [6, 6.07) is 6.62. The van der Waals surface area contributed by atoms with Crippen molar-refractivity contribution in [1.82, 2.24) is 25.4 Å². The standard InChI is InChI=1S/C19H25N5O4/c1-24(8-9-25)19(28)12-5-6-14(17(26)10-12)21-18(27)16-11-15(22-23-16)13-4-2-3-7-20-13/h2-4,7,11-12,14,17,25-26H,5-6,8-10H2,1H3,(H,21,27)(H,22,23)/t12-,14-,17-/m0/s1. The number of aromatic nitrogens is 3. The van der Waals surface area contributed by atoms with Crippen LogP contribution in [-0.2, 0) is 4.79 Å². The summed E-state index contributed by atoms with van der Waals surface area (Å²) in [5.41, 5.74) is 1.50. The van der Waals surface area contributed by atoms with Gasteiger partial charge in [0.2, 0.25) is 5.91 Å². The molecule has 0 unspecified atom stereocenters. The number of aromatic amines is 1. The minimum absolute atomic E-state index is 0.0913. The number of pyridine rings is 1. The van der Waals surface area contributed by atoms with Crippen LogP contribution < -0.4 is 5.32 Å². The average molecular weight is 387 g/mol. The fraction of sp³-hybridized carbons (Fsp3) is 0.474. The van der Waals surface area contributed by atoms with Crippen LogP contribution in [0.4, 0.5) is 0 Å². The zero-order chi connectivity index (χ0) is 20.1. The van der Waals surface area contributed by atoms with Crippen molar-refractivity contribution in [3.8, 4) is 11.4 Å². The average Bonchev–Trinajstić information content (AvgIpc) is 3.20. The molecule has 2 aromatic heterocycles. The van der Waals surface area contributed by atoms with Gasteiger partial charge in [-0.1, -0.05) is 6.07 Å². The van der Waals surface area contributed by atoms with Crippen molar-refractivity contribution in [3.05, 3.63) is 36.2 Å². The maximum Gasteiger partial charge on any atom is 0.269 e. The molecule has 28 heavy (non-hydrogen) atoms. The molecule has 1 aliphatic carbocycles. The largest absolute Gasteiger partial charge is 0.395 e. The van der Waals surface area contributed by atoms with Crippen LogP contribution in [0.25, 0.3) is 11.4 Å². The van der Waals surface area contributed by atoms with Crippen molar-refractivity contribution >= 4 is 11.8 Å². The number of carbonyl (C=O) groups is 2. The van der Waals surface area contributed by atoms with E-state index in [0.29, 0.717) is 24.2 Å². The molecule has 2 heterocycles. The zero-order valence-corrected chi connectivity index (χ0v) is 15.7. The van der Waals surface area contributed by atoms with Gasteiger partial charge in [0.05, 0.1) is 24.4 Å². The molecule has 0 spiro atoms. The first kappa shape index (κ1) is 20.0. The molecule has 0 aliphatic heterocycles. The van der Waals surface area contributed by atoms with Crippen LogP contribution in [0.1, 0.15) is 29.8 Å². The maximum absolute atomic E-state index is 12.5. The predicted molar refractivity (Wildman–Crippen MR) is 101 cm³/mol. The minimum Gasteiger partial charge on any atom is -0.395 e. The van der Waals surface area contributed by atoms with Crippen LogP contribution >= 0.6 is 0 Å². The molecule has 9 nitrogen and oxygen atoms in total. The molecule has 0 radical (unpaired) electrons. The lowest BCUT2D eigenvalue weighted by Gasteiger charge is -2.34. The van der Waals surface area contributed by atoms with Gasteiger partial charge in [0.1, 0.15) is 11.4 Å². The third-order valence-corrected chi connectivity index (χ3v) is 5.04. The molecule has 2 aromatic rings. The topological polar surface area (TPSA) is 131 Å². The van der Waals surface area contributed by atoms with Crippen LogP contribution in [-0.4, -0.2) is 74.5 Å². The Kier molecular flexibility index (Phi) is 6.37. The number of hydrogen-bond donors (Lipinski definition) is 4. The number of likely N-dealkylation sites (N-methyl/N-ethyl adjacent to an activating group) is 1. The Morgan fingerprint density at radius 1 is 1.32 bits per heavy atom. The lowest BCUT2D eigenvalue weighted by Crippen LogP contribution is -2.49. The highest BCUT2D eigenvalue weighted by atomic mass is 16.3. The Balaban J connectivity index is 1.57. The van der Waals surface area contributed by atoms with Gasteiger partial charge in [-0.25, -0.2) is 0 Å². The highest BCUT2D eigenvalue weighted by molar-refractivity contribution is 5.93. The smallest absolute Gasteiger partial charge is 0.269 e. The van der Waals surface area contributed by atoms with E-state index in [2.05, 4.69) is 20.5 Å². The monoisotopic (exact) mass is 387 g/mol. The summed E-state index contributed by atoms with van der Waals surface area (Å²) in [4.78, 5) is 30.5. The minimum atomic E-state index is -0.813. The summed E-state index contributed by atoms with van der Waals surface area (Å²) in [6.45, 7) is 0.172. The van der Waals surface area contributed by atoms with Crippen molar-refractivity contribution in [1.29, 1.82) is 0 Å². The highest BCUT2D eigenvalue weighted by Crippen LogP contribution is 2.26. The Hall–Kier alpha value is -2.78. The molecular formula is C19H25N5O4. The molecule has 1 aliphatic rings. The first-order chi connectivity index (χ1) is 13.5.